The first-order valence-electron chi connectivity index (χ1n) is 8.13. The van der Waals surface area contributed by atoms with Crippen molar-refractivity contribution in [2.75, 3.05) is 11.9 Å². The molecule has 6 heteroatoms. The molecule has 0 fully saturated rings. The molecule has 0 radical (unpaired) electrons. The van der Waals surface area contributed by atoms with Crippen molar-refractivity contribution in [1.29, 1.82) is 0 Å². The predicted octanol–water partition coefficient (Wildman–Crippen LogP) is 2.34. The summed E-state index contributed by atoms with van der Waals surface area (Å²) in [5, 5.41) is 10.2. The zero-order valence-corrected chi connectivity index (χ0v) is 12.9. The van der Waals surface area contributed by atoms with E-state index in [0.717, 1.165) is 37.1 Å². The van der Waals surface area contributed by atoms with Crippen molar-refractivity contribution in [3.8, 4) is 5.75 Å². The Hall–Kier alpha value is -2.50. The van der Waals surface area contributed by atoms with E-state index in [9.17, 15) is 4.79 Å². The van der Waals surface area contributed by atoms with Crippen LogP contribution in [0.15, 0.2) is 30.3 Å². The van der Waals surface area contributed by atoms with Gasteiger partial charge in [-0.1, -0.05) is 18.2 Å². The van der Waals surface area contributed by atoms with Crippen LogP contribution in [-0.2, 0) is 19.4 Å². The predicted molar refractivity (Wildman–Crippen MR) is 86.7 cm³/mol. The van der Waals surface area contributed by atoms with Gasteiger partial charge in [0.15, 0.2) is 5.82 Å². The Kier molecular flexibility index (Phi) is 3.65. The molecule has 6 nitrogen and oxygen atoms in total. The zero-order valence-electron chi connectivity index (χ0n) is 12.9. The molecule has 1 atom stereocenters. The maximum atomic E-state index is 12.2. The first kappa shape index (κ1) is 14.1. The van der Waals surface area contributed by atoms with Gasteiger partial charge < -0.3 is 10.1 Å². The molecule has 2 amide bonds. The van der Waals surface area contributed by atoms with E-state index in [1.165, 1.54) is 12.1 Å². The Morgan fingerprint density at radius 2 is 2.22 bits per heavy atom. The lowest BCUT2D eigenvalue weighted by Crippen LogP contribution is -2.44. The van der Waals surface area contributed by atoms with Gasteiger partial charge in [0, 0.05) is 18.3 Å². The maximum Gasteiger partial charge on any atom is 0.320 e. The molecule has 2 aliphatic heterocycles. The van der Waals surface area contributed by atoms with Gasteiger partial charge in [0.25, 0.3) is 0 Å². The van der Waals surface area contributed by atoms with Crippen LogP contribution < -0.4 is 15.4 Å². The second kappa shape index (κ2) is 5.95. The summed E-state index contributed by atoms with van der Waals surface area (Å²) in [7, 11) is 0. The quantitative estimate of drug-likeness (QED) is 0.894. The molecule has 0 saturated heterocycles. The number of hydrogen-bond donors (Lipinski definition) is 2. The van der Waals surface area contributed by atoms with Crippen LogP contribution in [0.25, 0.3) is 0 Å². The SMILES string of the molecule is O=C(Nc1cc2n(n1)CCCC2)NC1COc2ccccc2C1. The minimum Gasteiger partial charge on any atom is -0.491 e. The average molecular weight is 312 g/mol. The molecular weight excluding hydrogens is 292 g/mol. The smallest absolute Gasteiger partial charge is 0.320 e. The average Bonchev–Trinajstić information content (AvgIpc) is 2.96. The van der Waals surface area contributed by atoms with E-state index in [4.69, 9.17) is 4.74 Å². The van der Waals surface area contributed by atoms with Gasteiger partial charge in [-0.25, -0.2) is 4.79 Å². The van der Waals surface area contributed by atoms with Gasteiger partial charge >= 0.3 is 6.03 Å². The monoisotopic (exact) mass is 312 g/mol. The molecule has 2 aliphatic rings. The van der Waals surface area contributed by atoms with E-state index in [2.05, 4.69) is 15.7 Å². The first-order chi connectivity index (χ1) is 11.3. The van der Waals surface area contributed by atoms with Crippen LogP contribution in [0.2, 0.25) is 0 Å². The molecule has 2 N–H and O–H groups in total. The summed E-state index contributed by atoms with van der Waals surface area (Å²) in [6, 6.07) is 9.65. The van der Waals surface area contributed by atoms with E-state index in [1.807, 2.05) is 35.0 Å². The summed E-state index contributed by atoms with van der Waals surface area (Å²) in [6.07, 6.45) is 4.15. The number of ether oxygens (including phenoxy) is 1. The Balaban J connectivity index is 1.36. The van der Waals surface area contributed by atoms with Crippen molar-refractivity contribution in [2.24, 2.45) is 0 Å². The van der Waals surface area contributed by atoms with Crippen LogP contribution in [0.3, 0.4) is 0 Å². The lowest BCUT2D eigenvalue weighted by Gasteiger charge is -2.25. The van der Waals surface area contributed by atoms with Gasteiger partial charge in [-0.3, -0.25) is 10.00 Å². The number of nitrogens with one attached hydrogen (secondary N) is 2. The number of hydrogen-bond acceptors (Lipinski definition) is 3. The molecular formula is C17H20N4O2. The van der Waals surface area contributed by atoms with E-state index < -0.39 is 0 Å². The highest BCUT2D eigenvalue weighted by Gasteiger charge is 2.21. The van der Waals surface area contributed by atoms with Gasteiger partial charge in [-0.15, -0.1) is 0 Å². The molecule has 0 saturated carbocycles. The summed E-state index contributed by atoms with van der Waals surface area (Å²) in [5.74, 6) is 1.53. The molecule has 2 aromatic rings. The van der Waals surface area contributed by atoms with Crippen LogP contribution in [0.1, 0.15) is 24.1 Å². The number of benzene rings is 1. The van der Waals surface area contributed by atoms with E-state index in [0.29, 0.717) is 12.4 Å². The number of rotatable bonds is 2. The standard InChI is InChI=1S/C17H20N4O2/c22-17(19-16-10-14-6-3-4-8-21(14)20-16)18-13-9-12-5-1-2-7-15(12)23-11-13/h1-2,5,7,10,13H,3-4,6,8-9,11H2,(H2,18,19,20,22). The lowest BCUT2D eigenvalue weighted by molar-refractivity contribution is 0.222. The van der Waals surface area contributed by atoms with E-state index in [-0.39, 0.29) is 12.1 Å². The van der Waals surface area contributed by atoms with Gasteiger partial charge in [0.05, 0.1) is 6.04 Å². The third-order valence-electron chi connectivity index (χ3n) is 4.37. The maximum absolute atomic E-state index is 12.2. The van der Waals surface area contributed by atoms with Crippen LogP contribution in [0.4, 0.5) is 10.6 Å². The fourth-order valence-corrected chi connectivity index (χ4v) is 3.24. The summed E-state index contributed by atoms with van der Waals surface area (Å²) < 4.78 is 7.68. The normalized spacial score (nSPS) is 19.2. The number of anilines is 1. The van der Waals surface area contributed by atoms with Gasteiger partial charge in [-0.05, 0) is 37.3 Å². The number of aromatic nitrogens is 2. The zero-order chi connectivity index (χ0) is 15.6. The van der Waals surface area contributed by atoms with Crippen LogP contribution in [0.5, 0.6) is 5.75 Å². The third-order valence-corrected chi connectivity index (χ3v) is 4.37. The van der Waals surface area contributed by atoms with Crippen molar-refractivity contribution in [3.05, 3.63) is 41.6 Å². The minimum absolute atomic E-state index is 0.0258. The van der Waals surface area contributed by atoms with E-state index in [1.54, 1.807) is 0 Å². The van der Waals surface area contributed by atoms with Gasteiger partial charge in [0.1, 0.15) is 12.4 Å². The Morgan fingerprint density at radius 1 is 1.30 bits per heavy atom. The Morgan fingerprint density at radius 3 is 3.13 bits per heavy atom. The number of carbonyl (C=O) groups is 1. The fraction of sp³-hybridized carbons (Fsp3) is 0.412. The number of carbonyl (C=O) groups excluding carboxylic acids is 1. The highest BCUT2D eigenvalue weighted by Crippen LogP contribution is 2.24. The molecule has 0 spiro atoms. The van der Waals surface area contributed by atoms with Crippen molar-refractivity contribution in [1.82, 2.24) is 15.1 Å². The molecule has 0 bridgehead atoms. The van der Waals surface area contributed by atoms with Crippen LogP contribution in [0, 0.1) is 0 Å². The summed E-state index contributed by atoms with van der Waals surface area (Å²) in [6.45, 7) is 1.43. The number of urea groups is 1. The molecule has 4 rings (SSSR count). The molecule has 1 aromatic heterocycles. The van der Waals surface area contributed by atoms with Crippen LogP contribution >= 0.6 is 0 Å². The lowest BCUT2D eigenvalue weighted by atomic mass is 10.0. The number of para-hydroxylation sites is 1. The van der Waals surface area contributed by atoms with E-state index >= 15 is 0 Å². The number of nitrogens with zero attached hydrogens (tertiary/aromatic N) is 2. The highest BCUT2D eigenvalue weighted by molar-refractivity contribution is 5.88. The van der Waals surface area contributed by atoms with Crippen molar-refractivity contribution < 1.29 is 9.53 Å². The Labute approximate surface area is 134 Å². The summed E-state index contributed by atoms with van der Waals surface area (Å²) in [4.78, 5) is 12.2. The molecule has 120 valence electrons. The van der Waals surface area contributed by atoms with Crippen LogP contribution in [-0.4, -0.2) is 28.5 Å². The van der Waals surface area contributed by atoms with Crippen molar-refractivity contribution in [2.45, 2.75) is 38.3 Å². The molecule has 23 heavy (non-hydrogen) atoms. The minimum atomic E-state index is -0.228. The molecule has 1 unspecified atom stereocenters. The largest absolute Gasteiger partial charge is 0.491 e. The molecule has 3 heterocycles. The second-order valence-corrected chi connectivity index (χ2v) is 6.12. The highest BCUT2D eigenvalue weighted by atomic mass is 16.5. The Bertz CT molecular complexity index is 702. The number of amides is 2. The number of fused-ring (bicyclic) bond motifs is 2. The van der Waals surface area contributed by atoms with Gasteiger partial charge in [0.2, 0.25) is 0 Å². The topological polar surface area (TPSA) is 68.2 Å². The number of aryl methyl sites for hydroxylation is 2. The molecule has 1 aromatic carbocycles. The summed E-state index contributed by atoms with van der Waals surface area (Å²) >= 11 is 0. The fourth-order valence-electron chi connectivity index (χ4n) is 3.24. The molecule has 0 aliphatic carbocycles. The summed E-state index contributed by atoms with van der Waals surface area (Å²) in [5.41, 5.74) is 2.32. The van der Waals surface area contributed by atoms with Crippen molar-refractivity contribution >= 4 is 11.8 Å². The van der Waals surface area contributed by atoms with Crippen molar-refractivity contribution in [3.63, 3.8) is 0 Å². The third kappa shape index (κ3) is 3.02. The van der Waals surface area contributed by atoms with Gasteiger partial charge in [-0.2, -0.15) is 5.10 Å². The second-order valence-electron chi connectivity index (χ2n) is 6.12. The first-order valence-corrected chi connectivity index (χ1v) is 8.13.